The van der Waals surface area contributed by atoms with Crippen molar-refractivity contribution in [2.45, 2.75) is 25.8 Å². The molecule has 1 heterocycles. The highest BCUT2D eigenvalue weighted by Gasteiger charge is 2.19. The Bertz CT molecular complexity index is 587. The molecule has 0 spiro atoms. The molecule has 1 aromatic heterocycles. The summed E-state index contributed by atoms with van der Waals surface area (Å²) in [6.45, 7) is 3.72. The van der Waals surface area contributed by atoms with Crippen molar-refractivity contribution < 1.29 is 13.2 Å². The lowest BCUT2D eigenvalue weighted by atomic mass is 10.2. The Morgan fingerprint density at radius 2 is 1.74 bits per heavy atom. The Morgan fingerprint density at radius 3 is 2.21 bits per heavy atom. The SMILES string of the molecule is CC(C)n1c(CCl)nnc1-c1cc(F)c(F)c(F)c1. The van der Waals surface area contributed by atoms with Crippen molar-refractivity contribution in [3.63, 3.8) is 0 Å². The summed E-state index contributed by atoms with van der Waals surface area (Å²) in [4.78, 5) is 0. The minimum atomic E-state index is -1.50. The van der Waals surface area contributed by atoms with Gasteiger partial charge in [-0.05, 0) is 26.0 Å². The van der Waals surface area contributed by atoms with E-state index in [9.17, 15) is 13.2 Å². The van der Waals surface area contributed by atoms with Crippen molar-refractivity contribution in [1.82, 2.24) is 14.8 Å². The van der Waals surface area contributed by atoms with Crippen LogP contribution >= 0.6 is 11.6 Å². The molecule has 7 heteroatoms. The number of halogens is 4. The van der Waals surface area contributed by atoms with Crippen LogP contribution in [0.5, 0.6) is 0 Å². The van der Waals surface area contributed by atoms with Gasteiger partial charge in [0.1, 0.15) is 5.82 Å². The van der Waals surface area contributed by atoms with E-state index in [0.717, 1.165) is 12.1 Å². The first-order valence-corrected chi connectivity index (χ1v) is 6.13. The fourth-order valence-electron chi connectivity index (χ4n) is 1.84. The summed E-state index contributed by atoms with van der Waals surface area (Å²) in [5.74, 6) is -3.17. The molecule has 19 heavy (non-hydrogen) atoms. The quantitative estimate of drug-likeness (QED) is 0.637. The first-order chi connectivity index (χ1) is 8.95. The molecule has 0 radical (unpaired) electrons. The van der Waals surface area contributed by atoms with Crippen molar-refractivity contribution in [3.05, 3.63) is 35.4 Å². The van der Waals surface area contributed by atoms with E-state index in [0.29, 0.717) is 5.82 Å². The van der Waals surface area contributed by atoms with Gasteiger partial charge >= 0.3 is 0 Å². The lowest BCUT2D eigenvalue weighted by molar-refractivity contribution is 0.447. The van der Waals surface area contributed by atoms with Crippen molar-refractivity contribution >= 4 is 11.6 Å². The second-order valence-corrected chi connectivity index (χ2v) is 4.56. The van der Waals surface area contributed by atoms with Gasteiger partial charge < -0.3 is 4.57 Å². The van der Waals surface area contributed by atoms with Gasteiger partial charge in [-0.2, -0.15) is 0 Å². The Kier molecular flexibility index (Phi) is 3.80. The first kappa shape index (κ1) is 13.9. The van der Waals surface area contributed by atoms with Gasteiger partial charge in [0.2, 0.25) is 0 Å². The van der Waals surface area contributed by atoms with Crippen LogP contribution in [-0.4, -0.2) is 14.8 Å². The summed E-state index contributed by atoms with van der Waals surface area (Å²) in [6, 6.07) is 1.73. The number of alkyl halides is 1. The number of aromatic nitrogens is 3. The topological polar surface area (TPSA) is 30.7 Å². The Hall–Kier alpha value is -1.56. The molecule has 0 atom stereocenters. The van der Waals surface area contributed by atoms with Crippen LogP contribution in [0, 0.1) is 17.5 Å². The Balaban J connectivity index is 2.62. The van der Waals surface area contributed by atoms with Gasteiger partial charge in [-0.3, -0.25) is 0 Å². The molecule has 0 aliphatic rings. The van der Waals surface area contributed by atoms with Crippen LogP contribution in [0.2, 0.25) is 0 Å². The van der Waals surface area contributed by atoms with E-state index >= 15 is 0 Å². The van der Waals surface area contributed by atoms with E-state index in [4.69, 9.17) is 11.6 Å². The summed E-state index contributed by atoms with van der Waals surface area (Å²) >= 11 is 5.73. The molecule has 0 saturated carbocycles. The lowest BCUT2D eigenvalue weighted by Gasteiger charge is -2.13. The average Bonchev–Trinajstić information content (AvgIpc) is 2.79. The maximum absolute atomic E-state index is 13.2. The molecule has 0 amide bonds. The molecule has 2 aromatic rings. The van der Waals surface area contributed by atoms with E-state index in [1.165, 1.54) is 0 Å². The second kappa shape index (κ2) is 5.21. The van der Waals surface area contributed by atoms with E-state index in [-0.39, 0.29) is 23.3 Å². The molecule has 0 bridgehead atoms. The zero-order valence-corrected chi connectivity index (χ0v) is 11.0. The third-order valence-electron chi connectivity index (χ3n) is 2.64. The number of hydrogen-bond donors (Lipinski definition) is 0. The van der Waals surface area contributed by atoms with Crippen LogP contribution in [0.1, 0.15) is 25.7 Å². The van der Waals surface area contributed by atoms with Crippen LogP contribution in [0.25, 0.3) is 11.4 Å². The first-order valence-electron chi connectivity index (χ1n) is 5.60. The highest BCUT2D eigenvalue weighted by atomic mass is 35.5. The van der Waals surface area contributed by atoms with Gasteiger partial charge in [-0.1, -0.05) is 0 Å². The molecule has 0 N–H and O–H groups in total. The van der Waals surface area contributed by atoms with E-state index < -0.39 is 17.5 Å². The zero-order chi connectivity index (χ0) is 14.2. The summed E-state index contributed by atoms with van der Waals surface area (Å²) in [5, 5.41) is 7.72. The molecular weight excluding hydrogens is 279 g/mol. The molecule has 3 nitrogen and oxygen atoms in total. The number of hydrogen-bond acceptors (Lipinski definition) is 2. The lowest BCUT2D eigenvalue weighted by Crippen LogP contribution is -2.07. The molecule has 2 rings (SSSR count). The normalized spacial score (nSPS) is 11.3. The molecule has 0 fully saturated rings. The molecule has 0 aliphatic heterocycles. The van der Waals surface area contributed by atoms with Crippen LogP contribution in [0.3, 0.4) is 0 Å². The average molecular weight is 290 g/mol. The standard InChI is InChI=1S/C12H11ClF3N3/c1-6(2)19-10(5-13)17-18-12(19)7-3-8(14)11(16)9(15)4-7/h3-4,6H,5H2,1-2H3. The third-order valence-corrected chi connectivity index (χ3v) is 2.88. The monoisotopic (exact) mass is 289 g/mol. The van der Waals surface area contributed by atoms with Crippen molar-refractivity contribution in [3.8, 4) is 11.4 Å². The highest BCUT2D eigenvalue weighted by Crippen LogP contribution is 2.26. The van der Waals surface area contributed by atoms with Crippen molar-refractivity contribution in [1.29, 1.82) is 0 Å². The fraction of sp³-hybridized carbons (Fsp3) is 0.333. The molecular formula is C12H11ClF3N3. The third kappa shape index (κ3) is 2.45. The summed E-state index contributed by atoms with van der Waals surface area (Å²) in [5.41, 5.74) is 0.119. The van der Waals surface area contributed by atoms with Crippen LogP contribution in [0.4, 0.5) is 13.2 Å². The molecule has 1 aromatic carbocycles. The molecule has 0 aliphatic carbocycles. The Morgan fingerprint density at radius 1 is 1.16 bits per heavy atom. The largest absolute Gasteiger partial charge is 0.307 e. The number of nitrogens with zero attached hydrogens (tertiary/aromatic N) is 3. The zero-order valence-electron chi connectivity index (χ0n) is 10.3. The second-order valence-electron chi connectivity index (χ2n) is 4.29. The van der Waals surface area contributed by atoms with E-state index in [1.54, 1.807) is 4.57 Å². The number of rotatable bonds is 3. The smallest absolute Gasteiger partial charge is 0.194 e. The fourth-order valence-corrected chi connectivity index (χ4v) is 2.02. The summed E-state index contributed by atoms with van der Waals surface area (Å²) in [7, 11) is 0. The molecule has 102 valence electrons. The summed E-state index contributed by atoms with van der Waals surface area (Å²) < 4.78 is 41.1. The molecule has 0 unspecified atom stereocenters. The van der Waals surface area contributed by atoms with Gasteiger partial charge in [0.05, 0.1) is 5.88 Å². The minimum absolute atomic E-state index is 0.0464. The highest BCUT2D eigenvalue weighted by molar-refractivity contribution is 6.16. The Labute approximate surface area is 113 Å². The molecule has 0 saturated heterocycles. The van der Waals surface area contributed by atoms with Crippen LogP contribution in [-0.2, 0) is 5.88 Å². The maximum atomic E-state index is 13.2. The van der Waals surface area contributed by atoms with Crippen molar-refractivity contribution in [2.75, 3.05) is 0 Å². The van der Waals surface area contributed by atoms with Crippen LogP contribution in [0.15, 0.2) is 12.1 Å². The maximum Gasteiger partial charge on any atom is 0.194 e. The van der Waals surface area contributed by atoms with Gasteiger partial charge in [0, 0.05) is 11.6 Å². The van der Waals surface area contributed by atoms with Crippen molar-refractivity contribution in [2.24, 2.45) is 0 Å². The van der Waals surface area contributed by atoms with Crippen LogP contribution < -0.4 is 0 Å². The van der Waals surface area contributed by atoms with Gasteiger partial charge in [-0.25, -0.2) is 13.2 Å². The number of benzene rings is 1. The van der Waals surface area contributed by atoms with Gasteiger partial charge in [0.25, 0.3) is 0 Å². The minimum Gasteiger partial charge on any atom is -0.307 e. The predicted molar refractivity (Wildman–Crippen MR) is 65.3 cm³/mol. The predicted octanol–water partition coefficient (Wildman–Crippen LogP) is 3.68. The summed E-state index contributed by atoms with van der Waals surface area (Å²) in [6.07, 6.45) is 0. The van der Waals surface area contributed by atoms with Gasteiger partial charge in [0.15, 0.2) is 23.3 Å². The van der Waals surface area contributed by atoms with E-state index in [1.807, 2.05) is 13.8 Å². The van der Waals surface area contributed by atoms with E-state index in [2.05, 4.69) is 10.2 Å². The van der Waals surface area contributed by atoms with Gasteiger partial charge in [-0.15, -0.1) is 21.8 Å².